The van der Waals surface area contributed by atoms with Crippen LogP contribution in [0.3, 0.4) is 0 Å². The average Bonchev–Trinajstić information content (AvgIpc) is 2.60. The zero-order valence-electron chi connectivity index (χ0n) is 14.7. The molecule has 1 unspecified atom stereocenters. The van der Waals surface area contributed by atoms with Crippen molar-refractivity contribution in [1.29, 1.82) is 0 Å². The summed E-state index contributed by atoms with van der Waals surface area (Å²) in [6.07, 6.45) is 4.47. The van der Waals surface area contributed by atoms with Gasteiger partial charge in [0.2, 0.25) is 0 Å². The molecule has 5 nitrogen and oxygen atoms in total. The summed E-state index contributed by atoms with van der Waals surface area (Å²) in [5.41, 5.74) is 5.61. The molecule has 1 amide bonds. The Morgan fingerprint density at radius 3 is 2.27 bits per heavy atom. The SMILES string of the molecule is CN1CCN(C(=O)OC(C)(C)C)CC(C2CCC(N)CC2)C1. The second-order valence-electron chi connectivity index (χ2n) is 8.12. The Kier molecular flexibility index (Phi) is 5.72. The smallest absolute Gasteiger partial charge is 0.410 e. The number of hydrogen-bond acceptors (Lipinski definition) is 4. The topological polar surface area (TPSA) is 58.8 Å². The summed E-state index contributed by atoms with van der Waals surface area (Å²) in [7, 11) is 2.15. The van der Waals surface area contributed by atoms with Crippen molar-refractivity contribution in [2.45, 2.75) is 58.1 Å². The lowest BCUT2D eigenvalue weighted by Gasteiger charge is -2.35. The van der Waals surface area contributed by atoms with Gasteiger partial charge in [0.15, 0.2) is 0 Å². The molecule has 22 heavy (non-hydrogen) atoms. The van der Waals surface area contributed by atoms with E-state index in [1.165, 1.54) is 12.8 Å². The number of carbonyl (C=O) groups excluding carboxylic acids is 1. The Morgan fingerprint density at radius 2 is 1.68 bits per heavy atom. The molecule has 5 heteroatoms. The minimum Gasteiger partial charge on any atom is -0.444 e. The summed E-state index contributed by atoms with van der Waals surface area (Å²) < 4.78 is 5.57. The maximum Gasteiger partial charge on any atom is 0.410 e. The molecule has 2 fully saturated rings. The van der Waals surface area contributed by atoms with Crippen molar-refractivity contribution in [3.8, 4) is 0 Å². The van der Waals surface area contributed by atoms with Crippen LogP contribution in [0.15, 0.2) is 0 Å². The number of carbonyl (C=O) groups is 1. The lowest BCUT2D eigenvalue weighted by Crippen LogP contribution is -2.42. The third-order valence-electron chi connectivity index (χ3n) is 4.89. The third-order valence-corrected chi connectivity index (χ3v) is 4.89. The molecule has 2 N–H and O–H groups in total. The highest BCUT2D eigenvalue weighted by Gasteiger charge is 2.33. The molecule has 1 saturated carbocycles. The van der Waals surface area contributed by atoms with E-state index in [1.807, 2.05) is 25.7 Å². The summed E-state index contributed by atoms with van der Waals surface area (Å²) in [5, 5.41) is 0. The third kappa shape index (κ3) is 5.13. The average molecular weight is 311 g/mol. The van der Waals surface area contributed by atoms with Crippen LogP contribution in [0, 0.1) is 11.8 Å². The van der Waals surface area contributed by atoms with Crippen LogP contribution in [0.4, 0.5) is 4.79 Å². The highest BCUT2D eigenvalue weighted by atomic mass is 16.6. The summed E-state index contributed by atoms with van der Waals surface area (Å²) >= 11 is 0. The van der Waals surface area contributed by atoms with E-state index in [-0.39, 0.29) is 6.09 Å². The number of rotatable bonds is 1. The lowest BCUT2D eigenvalue weighted by atomic mass is 9.78. The van der Waals surface area contributed by atoms with Crippen LogP contribution in [-0.4, -0.2) is 60.8 Å². The number of nitrogens with two attached hydrogens (primary N) is 1. The Labute approximate surface area is 135 Å². The van der Waals surface area contributed by atoms with Crippen molar-refractivity contribution in [3.05, 3.63) is 0 Å². The number of likely N-dealkylation sites (N-methyl/N-ethyl adjacent to an activating group) is 1. The van der Waals surface area contributed by atoms with Crippen molar-refractivity contribution >= 4 is 6.09 Å². The van der Waals surface area contributed by atoms with Gasteiger partial charge in [-0.1, -0.05) is 0 Å². The first-order chi connectivity index (χ1) is 10.2. The Bertz CT molecular complexity index is 373. The van der Waals surface area contributed by atoms with Gasteiger partial charge < -0.3 is 20.3 Å². The summed E-state index contributed by atoms with van der Waals surface area (Å²) in [4.78, 5) is 16.7. The van der Waals surface area contributed by atoms with Crippen LogP contribution in [-0.2, 0) is 4.74 Å². The van der Waals surface area contributed by atoms with Crippen molar-refractivity contribution in [2.24, 2.45) is 17.6 Å². The van der Waals surface area contributed by atoms with E-state index in [9.17, 15) is 4.79 Å². The predicted octanol–water partition coefficient (Wildman–Crippen LogP) is 2.30. The van der Waals surface area contributed by atoms with E-state index < -0.39 is 5.60 Å². The first-order valence-corrected chi connectivity index (χ1v) is 8.66. The summed E-state index contributed by atoms with van der Waals surface area (Å²) in [6, 6.07) is 0.377. The molecule has 0 spiro atoms. The molecule has 1 aliphatic heterocycles. The fourth-order valence-electron chi connectivity index (χ4n) is 3.62. The van der Waals surface area contributed by atoms with Crippen LogP contribution < -0.4 is 5.73 Å². The fourth-order valence-corrected chi connectivity index (χ4v) is 3.62. The van der Waals surface area contributed by atoms with Crippen LogP contribution in [0.25, 0.3) is 0 Å². The molecule has 2 rings (SSSR count). The number of amides is 1. The van der Waals surface area contributed by atoms with Crippen LogP contribution in [0.5, 0.6) is 0 Å². The molecule has 0 aromatic heterocycles. The van der Waals surface area contributed by atoms with Gasteiger partial charge >= 0.3 is 6.09 Å². The van der Waals surface area contributed by atoms with Crippen molar-refractivity contribution in [3.63, 3.8) is 0 Å². The minimum absolute atomic E-state index is 0.166. The van der Waals surface area contributed by atoms with Gasteiger partial charge in [0.1, 0.15) is 5.60 Å². The molecular weight excluding hydrogens is 278 g/mol. The Hall–Kier alpha value is -0.810. The molecule has 1 aliphatic carbocycles. The number of hydrogen-bond donors (Lipinski definition) is 1. The van der Waals surface area contributed by atoms with E-state index in [4.69, 9.17) is 10.5 Å². The van der Waals surface area contributed by atoms with Gasteiger partial charge in [0.25, 0.3) is 0 Å². The van der Waals surface area contributed by atoms with Gasteiger partial charge in [-0.15, -0.1) is 0 Å². The molecule has 1 saturated heterocycles. The number of nitrogens with zero attached hydrogens (tertiary/aromatic N) is 2. The first kappa shape index (κ1) is 17.5. The lowest BCUT2D eigenvalue weighted by molar-refractivity contribution is 0.0218. The highest BCUT2D eigenvalue weighted by Crippen LogP contribution is 2.31. The van der Waals surface area contributed by atoms with Crippen molar-refractivity contribution in [2.75, 3.05) is 33.2 Å². The van der Waals surface area contributed by atoms with Gasteiger partial charge in [-0.2, -0.15) is 0 Å². The van der Waals surface area contributed by atoms with E-state index >= 15 is 0 Å². The van der Waals surface area contributed by atoms with Gasteiger partial charge in [0, 0.05) is 32.2 Å². The molecule has 1 heterocycles. The van der Waals surface area contributed by atoms with Gasteiger partial charge in [-0.05, 0) is 65.3 Å². The molecule has 128 valence electrons. The summed E-state index contributed by atoms with van der Waals surface area (Å²) in [5.74, 6) is 1.22. The summed E-state index contributed by atoms with van der Waals surface area (Å²) in [6.45, 7) is 9.34. The van der Waals surface area contributed by atoms with Crippen LogP contribution >= 0.6 is 0 Å². The molecule has 1 atom stereocenters. The van der Waals surface area contributed by atoms with E-state index in [1.54, 1.807) is 0 Å². The maximum atomic E-state index is 12.4. The minimum atomic E-state index is -0.428. The maximum absolute atomic E-state index is 12.4. The normalized spacial score (nSPS) is 31.7. The fraction of sp³-hybridized carbons (Fsp3) is 0.941. The quantitative estimate of drug-likeness (QED) is 0.807. The second kappa shape index (κ2) is 7.18. The Morgan fingerprint density at radius 1 is 1.05 bits per heavy atom. The van der Waals surface area contributed by atoms with Crippen LogP contribution in [0.1, 0.15) is 46.5 Å². The van der Waals surface area contributed by atoms with Gasteiger partial charge in [-0.3, -0.25) is 0 Å². The van der Waals surface area contributed by atoms with Gasteiger partial charge in [-0.25, -0.2) is 4.79 Å². The molecule has 0 aromatic rings. The van der Waals surface area contributed by atoms with E-state index in [2.05, 4.69) is 11.9 Å². The van der Waals surface area contributed by atoms with Crippen molar-refractivity contribution < 1.29 is 9.53 Å². The monoisotopic (exact) mass is 311 g/mol. The van der Waals surface area contributed by atoms with E-state index in [0.29, 0.717) is 17.9 Å². The largest absolute Gasteiger partial charge is 0.444 e. The van der Waals surface area contributed by atoms with Gasteiger partial charge in [0.05, 0.1) is 0 Å². The molecule has 0 radical (unpaired) electrons. The molecule has 2 aliphatic rings. The molecule has 0 bridgehead atoms. The Balaban J connectivity index is 1.99. The standard InChI is InChI=1S/C17H33N3O2/c1-17(2,3)22-16(21)20-10-9-19(4)11-14(12-20)13-5-7-15(18)8-6-13/h13-15H,5-12,18H2,1-4H3. The second-order valence-corrected chi connectivity index (χ2v) is 8.12. The molecular formula is C17H33N3O2. The zero-order valence-corrected chi connectivity index (χ0v) is 14.7. The molecule has 0 aromatic carbocycles. The van der Waals surface area contributed by atoms with Crippen molar-refractivity contribution in [1.82, 2.24) is 9.80 Å². The number of ether oxygens (including phenoxy) is 1. The first-order valence-electron chi connectivity index (χ1n) is 8.66. The zero-order chi connectivity index (χ0) is 16.3. The van der Waals surface area contributed by atoms with Crippen LogP contribution in [0.2, 0.25) is 0 Å². The predicted molar refractivity (Wildman–Crippen MR) is 88.7 cm³/mol. The highest BCUT2D eigenvalue weighted by molar-refractivity contribution is 5.68. The van der Waals surface area contributed by atoms with E-state index in [0.717, 1.165) is 39.0 Å².